The van der Waals surface area contributed by atoms with Gasteiger partial charge in [-0.2, -0.15) is 5.10 Å². The third kappa shape index (κ3) is 2.91. The van der Waals surface area contributed by atoms with Gasteiger partial charge in [0.25, 0.3) is 5.91 Å². The van der Waals surface area contributed by atoms with Gasteiger partial charge in [-0.15, -0.1) is 0 Å². The average molecular weight is 291 g/mol. The summed E-state index contributed by atoms with van der Waals surface area (Å²) in [5.41, 5.74) is 3.72. The lowest BCUT2D eigenvalue weighted by molar-refractivity contribution is 0.102. The number of hydrogen-bond donors (Lipinski definition) is 1. The van der Waals surface area contributed by atoms with Crippen LogP contribution in [0.25, 0.3) is 11.1 Å². The number of aromatic nitrogens is 2. The first-order valence-electron chi connectivity index (χ1n) is 7.11. The Kier molecular flexibility index (Phi) is 3.74. The van der Waals surface area contributed by atoms with Crippen molar-refractivity contribution in [3.63, 3.8) is 0 Å². The highest BCUT2D eigenvalue weighted by atomic mass is 16.1. The number of aryl methyl sites for hydroxylation is 2. The number of amides is 1. The topological polar surface area (TPSA) is 46.9 Å². The van der Waals surface area contributed by atoms with Gasteiger partial charge >= 0.3 is 0 Å². The highest BCUT2D eigenvalue weighted by Gasteiger charge is 2.09. The molecule has 0 aliphatic carbocycles. The van der Waals surface area contributed by atoms with Gasteiger partial charge in [-0.1, -0.05) is 42.5 Å². The smallest absolute Gasteiger partial charge is 0.256 e. The molecule has 110 valence electrons. The van der Waals surface area contributed by atoms with Crippen molar-refractivity contribution in [2.75, 3.05) is 5.32 Å². The zero-order valence-electron chi connectivity index (χ0n) is 12.6. The van der Waals surface area contributed by atoms with Crippen molar-refractivity contribution in [2.24, 2.45) is 7.05 Å². The van der Waals surface area contributed by atoms with Crippen LogP contribution in [-0.4, -0.2) is 15.7 Å². The molecule has 1 N–H and O–H groups in total. The van der Waals surface area contributed by atoms with Crippen LogP contribution >= 0.6 is 0 Å². The molecular formula is C18H17N3O. The van der Waals surface area contributed by atoms with Crippen LogP contribution in [-0.2, 0) is 7.05 Å². The Hall–Kier alpha value is -2.88. The van der Waals surface area contributed by atoms with Crippen LogP contribution in [0.15, 0.2) is 60.7 Å². The summed E-state index contributed by atoms with van der Waals surface area (Å²) in [5, 5.41) is 7.08. The number of hydrogen-bond acceptors (Lipinski definition) is 2. The Bertz CT molecular complexity index is 789. The highest BCUT2D eigenvalue weighted by molar-refractivity contribution is 6.04. The lowest BCUT2D eigenvalue weighted by atomic mass is 10.0. The number of carbonyl (C=O) groups is 1. The van der Waals surface area contributed by atoms with Crippen LogP contribution in [0.3, 0.4) is 0 Å². The summed E-state index contributed by atoms with van der Waals surface area (Å²) in [4.78, 5) is 12.3. The molecule has 0 saturated carbocycles. The molecule has 1 aromatic heterocycles. The van der Waals surface area contributed by atoms with Gasteiger partial charge in [0.2, 0.25) is 0 Å². The first-order chi connectivity index (χ1) is 10.6. The molecule has 1 amide bonds. The van der Waals surface area contributed by atoms with Crippen molar-refractivity contribution < 1.29 is 4.79 Å². The first-order valence-corrected chi connectivity index (χ1v) is 7.11. The van der Waals surface area contributed by atoms with Crippen LogP contribution in [0.5, 0.6) is 0 Å². The minimum absolute atomic E-state index is 0.136. The van der Waals surface area contributed by atoms with Gasteiger partial charge in [-0.05, 0) is 30.2 Å². The summed E-state index contributed by atoms with van der Waals surface area (Å²) >= 11 is 0. The molecule has 4 nitrogen and oxygen atoms in total. The van der Waals surface area contributed by atoms with Gasteiger partial charge in [0, 0.05) is 18.7 Å². The van der Waals surface area contributed by atoms with Crippen molar-refractivity contribution in [1.29, 1.82) is 0 Å². The molecular weight excluding hydrogens is 274 g/mol. The molecule has 0 unspecified atom stereocenters. The molecule has 0 bridgehead atoms. The average Bonchev–Trinajstić information content (AvgIpc) is 2.86. The lowest BCUT2D eigenvalue weighted by Crippen LogP contribution is -2.14. The van der Waals surface area contributed by atoms with Crippen LogP contribution in [0, 0.1) is 6.92 Å². The molecule has 3 aromatic rings. The molecule has 0 atom stereocenters. The van der Waals surface area contributed by atoms with E-state index in [-0.39, 0.29) is 5.91 Å². The van der Waals surface area contributed by atoms with Crippen LogP contribution < -0.4 is 5.32 Å². The predicted octanol–water partition coefficient (Wildman–Crippen LogP) is 3.65. The van der Waals surface area contributed by atoms with E-state index in [4.69, 9.17) is 0 Å². The Balaban J connectivity index is 1.78. The highest BCUT2D eigenvalue weighted by Crippen LogP contribution is 2.19. The molecule has 2 aromatic carbocycles. The van der Waals surface area contributed by atoms with Crippen molar-refractivity contribution in [3.05, 3.63) is 71.9 Å². The van der Waals surface area contributed by atoms with E-state index < -0.39 is 0 Å². The quantitative estimate of drug-likeness (QED) is 0.800. The standard InChI is InChI=1S/C18H17N3O/c1-13-12-17(21(2)20-13)19-18(22)16-10-8-15(9-11-16)14-6-4-3-5-7-14/h3-12H,1-2H3,(H,19,22). The monoisotopic (exact) mass is 291 g/mol. The van der Waals surface area contributed by atoms with Gasteiger partial charge in [0.1, 0.15) is 5.82 Å². The van der Waals surface area contributed by atoms with Gasteiger partial charge in [-0.25, -0.2) is 0 Å². The fourth-order valence-corrected chi connectivity index (χ4v) is 2.36. The number of rotatable bonds is 3. The van der Waals surface area contributed by atoms with E-state index in [9.17, 15) is 4.79 Å². The molecule has 4 heteroatoms. The molecule has 3 rings (SSSR count). The maximum absolute atomic E-state index is 12.3. The lowest BCUT2D eigenvalue weighted by Gasteiger charge is -2.06. The summed E-state index contributed by atoms with van der Waals surface area (Å²) in [6, 6.07) is 19.5. The van der Waals surface area contributed by atoms with E-state index in [1.54, 1.807) is 11.7 Å². The Labute approximate surface area is 129 Å². The SMILES string of the molecule is Cc1cc(NC(=O)c2ccc(-c3ccccc3)cc2)n(C)n1. The number of nitrogens with zero attached hydrogens (tertiary/aromatic N) is 2. The van der Waals surface area contributed by atoms with E-state index in [2.05, 4.69) is 10.4 Å². The number of carbonyl (C=O) groups excluding carboxylic acids is 1. The number of benzene rings is 2. The predicted molar refractivity (Wildman–Crippen MR) is 87.8 cm³/mol. The zero-order valence-corrected chi connectivity index (χ0v) is 12.6. The Morgan fingerprint density at radius 3 is 2.23 bits per heavy atom. The van der Waals surface area contributed by atoms with E-state index in [0.29, 0.717) is 11.4 Å². The van der Waals surface area contributed by atoms with Gasteiger partial charge < -0.3 is 5.32 Å². The third-order valence-electron chi connectivity index (χ3n) is 3.50. The number of nitrogens with one attached hydrogen (secondary N) is 1. The maximum atomic E-state index is 12.3. The third-order valence-corrected chi connectivity index (χ3v) is 3.50. The summed E-state index contributed by atoms with van der Waals surface area (Å²) in [5.74, 6) is 0.553. The molecule has 0 spiro atoms. The zero-order chi connectivity index (χ0) is 15.5. The maximum Gasteiger partial charge on any atom is 0.256 e. The fourth-order valence-electron chi connectivity index (χ4n) is 2.36. The van der Waals surface area contributed by atoms with Crippen molar-refractivity contribution >= 4 is 11.7 Å². The Morgan fingerprint density at radius 1 is 1.00 bits per heavy atom. The minimum atomic E-state index is -0.136. The number of anilines is 1. The van der Waals surface area contributed by atoms with E-state index in [1.165, 1.54) is 0 Å². The molecule has 0 saturated heterocycles. The normalized spacial score (nSPS) is 10.5. The summed E-state index contributed by atoms with van der Waals surface area (Å²) in [6.07, 6.45) is 0. The summed E-state index contributed by atoms with van der Waals surface area (Å²) in [6.45, 7) is 1.89. The van der Waals surface area contributed by atoms with Crippen LogP contribution in [0.1, 0.15) is 16.1 Å². The van der Waals surface area contributed by atoms with Crippen molar-refractivity contribution in [3.8, 4) is 11.1 Å². The molecule has 22 heavy (non-hydrogen) atoms. The second-order valence-corrected chi connectivity index (χ2v) is 5.19. The first kappa shape index (κ1) is 14.1. The fraction of sp³-hybridized carbons (Fsp3) is 0.111. The molecule has 0 fully saturated rings. The summed E-state index contributed by atoms with van der Waals surface area (Å²) in [7, 11) is 1.81. The van der Waals surface area contributed by atoms with E-state index >= 15 is 0 Å². The second-order valence-electron chi connectivity index (χ2n) is 5.19. The van der Waals surface area contributed by atoms with Gasteiger partial charge in [0.15, 0.2) is 0 Å². The van der Waals surface area contributed by atoms with Crippen molar-refractivity contribution in [1.82, 2.24) is 9.78 Å². The minimum Gasteiger partial charge on any atom is -0.307 e. The largest absolute Gasteiger partial charge is 0.307 e. The Morgan fingerprint density at radius 2 is 1.64 bits per heavy atom. The van der Waals surface area contributed by atoms with Crippen LogP contribution in [0.2, 0.25) is 0 Å². The van der Waals surface area contributed by atoms with Crippen LogP contribution in [0.4, 0.5) is 5.82 Å². The van der Waals surface area contributed by atoms with Crippen molar-refractivity contribution in [2.45, 2.75) is 6.92 Å². The van der Waals surface area contributed by atoms with Gasteiger partial charge in [0.05, 0.1) is 5.69 Å². The molecule has 0 aliphatic rings. The van der Waals surface area contributed by atoms with E-state index in [0.717, 1.165) is 16.8 Å². The molecule has 0 aliphatic heterocycles. The summed E-state index contributed by atoms with van der Waals surface area (Å²) < 4.78 is 1.66. The molecule has 0 radical (unpaired) electrons. The van der Waals surface area contributed by atoms with E-state index in [1.807, 2.05) is 67.6 Å². The van der Waals surface area contributed by atoms with Gasteiger partial charge in [-0.3, -0.25) is 9.48 Å². The molecule has 1 heterocycles. The second kappa shape index (κ2) is 5.85.